The molecule has 0 fully saturated rings. The zero-order valence-corrected chi connectivity index (χ0v) is 16.0. The molecule has 0 saturated carbocycles. The van der Waals surface area contributed by atoms with Gasteiger partial charge >= 0.3 is 0 Å². The van der Waals surface area contributed by atoms with Gasteiger partial charge in [-0.1, -0.05) is 12.1 Å². The van der Waals surface area contributed by atoms with Crippen molar-refractivity contribution in [1.29, 1.82) is 0 Å². The van der Waals surface area contributed by atoms with Crippen molar-refractivity contribution in [2.75, 3.05) is 22.5 Å². The zero-order valence-electron chi connectivity index (χ0n) is 16.0. The highest BCUT2D eigenvalue weighted by Gasteiger charge is 2.19. The Hall–Kier alpha value is -4.01. The first-order valence-corrected chi connectivity index (χ1v) is 8.97. The maximum atomic E-state index is 12.4. The quantitative estimate of drug-likeness (QED) is 0.408. The van der Waals surface area contributed by atoms with Crippen LogP contribution < -0.4 is 16.0 Å². The normalized spacial score (nSPS) is 10.3. The van der Waals surface area contributed by atoms with E-state index in [1.165, 1.54) is 18.2 Å². The van der Waals surface area contributed by atoms with Crippen molar-refractivity contribution in [2.45, 2.75) is 13.8 Å². The van der Waals surface area contributed by atoms with Crippen LogP contribution in [0.5, 0.6) is 0 Å². The Morgan fingerprint density at radius 3 is 2.45 bits per heavy atom. The number of anilines is 4. The SMILES string of the molecule is CCNc1cc(C)nc(Nc2ccc(NC(=O)c3ccccc3[N+](=O)[O-])cc2)n1. The van der Waals surface area contributed by atoms with Gasteiger partial charge < -0.3 is 16.0 Å². The average molecular weight is 392 g/mol. The topological polar surface area (TPSA) is 122 Å². The van der Waals surface area contributed by atoms with Crippen LogP contribution in [0.3, 0.4) is 0 Å². The number of nitrogens with one attached hydrogen (secondary N) is 3. The van der Waals surface area contributed by atoms with E-state index in [1.807, 2.05) is 19.9 Å². The van der Waals surface area contributed by atoms with Crippen molar-refractivity contribution in [3.8, 4) is 0 Å². The molecule has 9 heteroatoms. The molecule has 3 N–H and O–H groups in total. The molecule has 1 aromatic heterocycles. The van der Waals surface area contributed by atoms with E-state index in [2.05, 4.69) is 25.9 Å². The van der Waals surface area contributed by atoms with Gasteiger partial charge in [-0.15, -0.1) is 0 Å². The molecule has 148 valence electrons. The van der Waals surface area contributed by atoms with Crippen LogP contribution in [-0.4, -0.2) is 27.3 Å². The molecule has 1 heterocycles. The van der Waals surface area contributed by atoms with E-state index < -0.39 is 10.8 Å². The van der Waals surface area contributed by atoms with Gasteiger partial charge in [0, 0.05) is 35.7 Å². The number of hydrogen-bond donors (Lipinski definition) is 3. The number of benzene rings is 2. The molecule has 0 saturated heterocycles. The highest BCUT2D eigenvalue weighted by Crippen LogP contribution is 2.21. The molecular weight excluding hydrogens is 372 g/mol. The fourth-order valence-electron chi connectivity index (χ4n) is 2.69. The Labute approximate surface area is 167 Å². The summed E-state index contributed by atoms with van der Waals surface area (Å²) in [7, 11) is 0. The van der Waals surface area contributed by atoms with Gasteiger partial charge in [-0.3, -0.25) is 14.9 Å². The molecule has 3 rings (SSSR count). The van der Waals surface area contributed by atoms with E-state index in [-0.39, 0.29) is 11.3 Å². The third-order valence-corrected chi connectivity index (χ3v) is 3.96. The number of amides is 1. The van der Waals surface area contributed by atoms with Gasteiger partial charge in [0.2, 0.25) is 5.95 Å². The highest BCUT2D eigenvalue weighted by molar-refractivity contribution is 6.07. The smallest absolute Gasteiger partial charge is 0.282 e. The van der Waals surface area contributed by atoms with Crippen LogP contribution >= 0.6 is 0 Å². The Morgan fingerprint density at radius 2 is 1.76 bits per heavy atom. The van der Waals surface area contributed by atoms with Gasteiger partial charge in [0.05, 0.1) is 4.92 Å². The summed E-state index contributed by atoms with van der Waals surface area (Å²) < 4.78 is 0. The van der Waals surface area contributed by atoms with Crippen LogP contribution in [0.1, 0.15) is 23.0 Å². The lowest BCUT2D eigenvalue weighted by atomic mass is 10.1. The third-order valence-electron chi connectivity index (χ3n) is 3.96. The number of para-hydroxylation sites is 1. The Bertz CT molecular complexity index is 1040. The number of carbonyl (C=O) groups is 1. The first-order chi connectivity index (χ1) is 14.0. The third kappa shape index (κ3) is 5.04. The lowest BCUT2D eigenvalue weighted by Crippen LogP contribution is -2.13. The van der Waals surface area contributed by atoms with Crippen LogP contribution in [0, 0.1) is 17.0 Å². The Morgan fingerprint density at radius 1 is 1.07 bits per heavy atom. The predicted molar refractivity (Wildman–Crippen MR) is 112 cm³/mol. The summed E-state index contributed by atoms with van der Waals surface area (Å²) in [5, 5.41) is 20.0. The number of aryl methyl sites for hydroxylation is 1. The molecule has 0 radical (unpaired) electrons. The summed E-state index contributed by atoms with van der Waals surface area (Å²) in [5.41, 5.74) is 1.84. The molecule has 1 amide bonds. The van der Waals surface area contributed by atoms with Crippen LogP contribution in [-0.2, 0) is 0 Å². The van der Waals surface area contributed by atoms with E-state index in [0.29, 0.717) is 11.6 Å². The van der Waals surface area contributed by atoms with Gasteiger partial charge in [0.1, 0.15) is 11.4 Å². The Balaban J connectivity index is 1.71. The van der Waals surface area contributed by atoms with E-state index >= 15 is 0 Å². The summed E-state index contributed by atoms with van der Waals surface area (Å²) in [4.78, 5) is 31.6. The number of nitro benzene ring substituents is 1. The summed E-state index contributed by atoms with van der Waals surface area (Å²) in [5.74, 6) is 0.642. The summed E-state index contributed by atoms with van der Waals surface area (Å²) >= 11 is 0. The van der Waals surface area contributed by atoms with Gasteiger partial charge in [-0.25, -0.2) is 4.98 Å². The predicted octanol–water partition coefficient (Wildman–Crippen LogP) is 4.12. The fourth-order valence-corrected chi connectivity index (χ4v) is 2.69. The van der Waals surface area contributed by atoms with Crippen LogP contribution in [0.25, 0.3) is 0 Å². The number of carbonyl (C=O) groups excluding carboxylic acids is 1. The first kappa shape index (κ1) is 19.7. The molecule has 9 nitrogen and oxygen atoms in total. The van der Waals surface area contributed by atoms with Crippen molar-refractivity contribution >= 4 is 34.7 Å². The molecule has 0 aliphatic rings. The highest BCUT2D eigenvalue weighted by atomic mass is 16.6. The largest absolute Gasteiger partial charge is 0.370 e. The number of hydrogen-bond acceptors (Lipinski definition) is 7. The lowest BCUT2D eigenvalue weighted by Gasteiger charge is -2.10. The molecule has 0 bridgehead atoms. The van der Waals surface area contributed by atoms with Crippen molar-refractivity contribution in [3.05, 3.63) is 76.0 Å². The molecule has 0 spiro atoms. The van der Waals surface area contributed by atoms with Crippen LogP contribution in [0.4, 0.5) is 28.8 Å². The minimum absolute atomic E-state index is 0.00353. The fraction of sp³-hybridized carbons (Fsp3) is 0.150. The molecule has 29 heavy (non-hydrogen) atoms. The molecule has 2 aromatic carbocycles. The minimum atomic E-state index is -0.578. The number of nitrogens with zero attached hydrogens (tertiary/aromatic N) is 3. The maximum Gasteiger partial charge on any atom is 0.282 e. The standard InChI is InChI=1S/C20H20N6O3/c1-3-21-18-12-13(2)22-20(25-18)24-15-10-8-14(9-11-15)23-19(27)16-6-4-5-7-17(16)26(28)29/h4-12H,3H2,1-2H3,(H,23,27)(H2,21,22,24,25). The van der Waals surface area contributed by atoms with Gasteiger partial charge in [0.15, 0.2) is 0 Å². The van der Waals surface area contributed by atoms with Gasteiger partial charge in [-0.2, -0.15) is 4.98 Å². The summed E-state index contributed by atoms with van der Waals surface area (Å²) in [6, 6.07) is 14.6. The van der Waals surface area contributed by atoms with E-state index in [0.717, 1.165) is 23.7 Å². The van der Waals surface area contributed by atoms with Crippen molar-refractivity contribution in [1.82, 2.24) is 9.97 Å². The van der Waals surface area contributed by atoms with Crippen LogP contribution in [0.2, 0.25) is 0 Å². The molecule has 0 unspecified atom stereocenters. The van der Waals surface area contributed by atoms with E-state index in [9.17, 15) is 14.9 Å². The second kappa shape index (κ2) is 8.79. The van der Waals surface area contributed by atoms with Crippen molar-refractivity contribution in [3.63, 3.8) is 0 Å². The van der Waals surface area contributed by atoms with Gasteiger partial charge in [-0.05, 0) is 44.2 Å². The second-order valence-electron chi connectivity index (χ2n) is 6.18. The second-order valence-corrected chi connectivity index (χ2v) is 6.18. The maximum absolute atomic E-state index is 12.4. The monoisotopic (exact) mass is 392 g/mol. The Kier molecular flexibility index (Phi) is 5.98. The summed E-state index contributed by atoms with van der Waals surface area (Å²) in [6.45, 7) is 4.63. The number of rotatable bonds is 7. The zero-order chi connectivity index (χ0) is 20.8. The van der Waals surface area contributed by atoms with E-state index in [1.54, 1.807) is 30.3 Å². The van der Waals surface area contributed by atoms with Gasteiger partial charge in [0.25, 0.3) is 11.6 Å². The average Bonchev–Trinajstić information content (AvgIpc) is 2.69. The van der Waals surface area contributed by atoms with Crippen LogP contribution in [0.15, 0.2) is 54.6 Å². The molecule has 0 atom stereocenters. The van der Waals surface area contributed by atoms with Crippen molar-refractivity contribution < 1.29 is 9.72 Å². The minimum Gasteiger partial charge on any atom is -0.370 e. The molecule has 3 aromatic rings. The molecule has 0 aliphatic carbocycles. The van der Waals surface area contributed by atoms with Crippen molar-refractivity contribution in [2.24, 2.45) is 0 Å². The number of aromatic nitrogens is 2. The summed E-state index contributed by atoms with van der Waals surface area (Å²) in [6.07, 6.45) is 0. The molecular formula is C20H20N6O3. The molecule has 0 aliphatic heterocycles. The lowest BCUT2D eigenvalue weighted by molar-refractivity contribution is -0.385. The van der Waals surface area contributed by atoms with E-state index in [4.69, 9.17) is 0 Å². The number of nitro groups is 1. The first-order valence-electron chi connectivity index (χ1n) is 8.97.